The molecular weight excluding hydrogens is 438 g/mol. The molecule has 6 nitrogen and oxygen atoms in total. The van der Waals surface area contributed by atoms with Crippen LogP contribution in [0.25, 0.3) is 11.1 Å². The fourth-order valence-electron chi connectivity index (χ4n) is 4.11. The van der Waals surface area contributed by atoms with E-state index in [1.54, 1.807) is 56.6 Å². The van der Waals surface area contributed by atoms with E-state index >= 15 is 0 Å². The van der Waals surface area contributed by atoms with Crippen molar-refractivity contribution in [2.45, 2.75) is 19.9 Å². The smallest absolute Gasteiger partial charge is 0.294 e. The maximum Gasteiger partial charge on any atom is 0.294 e. The lowest BCUT2D eigenvalue weighted by atomic mass is 9.90. The summed E-state index contributed by atoms with van der Waals surface area (Å²) in [6, 6.07) is 13.8. The average molecular weight is 464 g/mol. The monoisotopic (exact) mass is 463 g/mol. The molecule has 1 amide bonds. The number of nitrogens with zero attached hydrogens (tertiary/aromatic N) is 1. The molecule has 0 fully saturated rings. The Labute approximate surface area is 196 Å². The molecule has 0 saturated heterocycles. The maximum absolute atomic E-state index is 13.3. The van der Waals surface area contributed by atoms with Gasteiger partial charge in [0.2, 0.25) is 0 Å². The van der Waals surface area contributed by atoms with E-state index in [4.69, 9.17) is 9.47 Å². The van der Waals surface area contributed by atoms with E-state index in [9.17, 15) is 14.7 Å². The van der Waals surface area contributed by atoms with E-state index < -0.39 is 23.6 Å². The summed E-state index contributed by atoms with van der Waals surface area (Å²) in [4.78, 5) is 27.9. The SMILES string of the molecule is COc1cc(N2C(=O)C(O)=C(C(=O)C(C)C)C2c2ccccc2OC)ccc1-c1ccsc1. The van der Waals surface area contributed by atoms with Crippen molar-refractivity contribution in [3.8, 4) is 22.6 Å². The third-order valence-corrected chi connectivity index (χ3v) is 6.41. The van der Waals surface area contributed by atoms with E-state index in [-0.39, 0.29) is 11.4 Å². The fourth-order valence-corrected chi connectivity index (χ4v) is 4.76. The minimum Gasteiger partial charge on any atom is -0.503 e. The molecule has 7 heteroatoms. The van der Waals surface area contributed by atoms with Crippen LogP contribution in [0.2, 0.25) is 0 Å². The largest absolute Gasteiger partial charge is 0.503 e. The summed E-state index contributed by atoms with van der Waals surface area (Å²) < 4.78 is 11.2. The molecule has 4 rings (SSSR count). The van der Waals surface area contributed by atoms with Crippen LogP contribution in [0.15, 0.2) is 70.6 Å². The van der Waals surface area contributed by atoms with Gasteiger partial charge < -0.3 is 14.6 Å². The van der Waals surface area contributed by atoms with Gasteiger partial charge in [-0.3, -0.25) is 14.5 Å². The number of carbonyl (C=O) groups is 2. The number of para-hydroxylation sites is 1. The lowest BCUT2D eigenvalue weighted by molar-refractivity contribution is -0.119. The number of amides is 1. The Morgan fingerprint density at radius 2 is 1.79 bits per heavy atom. The Morgan fingerprint density at radius 1 is 1.06 bits per heavy atom. The molecule has 1 N–H and O–H groups in total. The van der Waals surface area contributed by atoms with Gasteiger partial charge >= 0.3 is 0 Å². The van der Waals surface area contributed by atoms with Crippen LogP contribution in [-0.4, -0.2) is 31.0 Å². The first-order valence-electron chi connectivity index (χ1n) is 10.5. The zero-order valence-corrected chi connectivity index (χ0v) is 19.7. The van der Waals surface area contributed by atoms with Crippen molar-refractivity contribution in [3.05, 3.63) is 76.2 Å². The van der Waals surface area contributed by atoms with Crippen LogP contribution in [0.3, 0.4) is 0 Å². The van der Waals surface area contributed by atoms with Crippen molar-refractivity contribution in [2.75, 3.05) is 19.1 Å². The summed E-state index contributed by atoms with van der Waals surface area (Å²) >= 11 is 1.58. The van der Waals surface area contributed by atoms with Crippen molar-refractivity contribution in [1.82, 2.24) is 0 Å². The number of hydrogen-bond donors (Lipinski definition) is 1. The standard InChI is InChI=1S/C26H25NO5S/c1-15(2)24(28)22-23(19-7-5-6-8-20(19)31-3)27(26(30)25(22)29)17-9-10-18(21(13-17)32-4)16-11-12-33-14-16/h5-15,23,29H,1-4H3. The number of benzene rings is 2. The molecule has 3 aromatic rings. The number of ether oxygens (including phenoxy) is 2. The lowest BCUT2D eigenvalue weighted by Crippen LogP contribution is -2.31. The van der Waals surface area contributed by atoms with Crippen LogP contribution in [0.5, 0.6) is 11.5 Å². The van der Waals surface area contributed by atoms with Gasteiger partial charge in [-0.25, -0.2) is 0 Å². The minimum atomic E-state index is -0.833. The maximum atomic E-state index is 13.3. The summed E-state index contributed by atoms with van der Waals surface area (Å²) in [6.45, 7) is 3.49. The molecule has 1 unspecified atom stereocenters. The molecule has 2 heterocycles. The van der Waals surface area contributed by atoms with Crippen molar-refractivity contribution >= 4 is 28.7 Å². The van der Waals surface area contributed by atoms with Crippen LogP contribution >= 0.6 is 11.3 Å². The van der Waals surface area contributed by atoms with Gasteiger partial charge in [0, 0.05) is 28.8 Å². The number of thiophene rings is 1. The fraction of sp³-hybridized carbons (Fsp3) is 0.231. The molecule has 1 aliphatic rings. The first-order chi connectivity index (χ1) is 15.9. The van der Waals surface area contributed by atoms with Gasteiger partial charge in [-0.2, -0.15) is 11.3 Å². The van der Waals surface area contributed by atoms with E-state index in [2.05, 4.69) is 0 Å². The Bertz CT molecular complexity index is 1230. The Hall–Kier alpha value is -3.58. The number of rotatable bonds is 7. The van der Waals surface area contributed by atoms with Gasteiger partial charge in [0.1, 0.15) is 11.5 Å². The summed E-state index contributed by atoms with van der Waals surface area (Å²) in [5.41, 5.74) is 3.08. The van der Waals surface area contributed by atoms with Gasteiger partial charge in [-0.05, 0) is 40.6 Å². The predicted molar refractivity (Wildman–Crippen MR) is 129 cm³/mol. The second kappa shape index (κ2) is 9.11. The Balaban J connectivity index is 1.90. The number of aliphatic hydroxyl groups is 1. The van der Waals surface area contributed by atoms with Crippen LogP contribution in [0.1, 0.15) is 25.5 Å². The molecule has 0 saturated carbocycles. The molecule has 0 aliphatic carbocycles. The molecule has 2 aromatic carbocycles. The summed E-state index contributed by atoms with van der Waals surface area (Å²) in [6.07, 6.45) is 0. The Morgan fingerprint density at radius 3 is 2.42 bits per heavy atom. The molecule has 0 bridgehead atoms. The summed E-state index contributed by atoms with van der Waals surface area (Å²) in [7, 11) is 3.11. The van der Waals surface area contributed by atoms with E-state index in [0.717, 1.165) is 11.1 Å². The molecule has 1 aromatic heterocycles. The molecule has 0 spiro atoms. The van der Waals surface area contributed by atoms with Crippen molar-refractivity contribution in [3.63, 3.8) is 0 Å². The highest BCUT2D eigenvalue weighted by molar-refractivity contribution is 7.08. The molecule has 0 radical (unpaired) electrons. The van der Waals surface area contributed by atoms with Gasteiger partial charge in [-0.15, -0.1) is 0 Å². The quantitative estimate of drug-likeness (QED) is 0.497. The predicted octanol–water partition coefficient (Wildman–Crippen LogP) is 5.56. The number of carbonyl (C=O) groups excluding carboxylic acids is 2. The topological polar surface area (TPSA) is 76.1 Å². The molecule has 33 heavy (non-hydrogen) atoms. The highest BCUT2D eigenvalue weighted by atomic mass is 32.1. The highest BCUT2D eigenvalue weighted by Crippen LogP contribution is 2.46. The van der Waals surface area contributed by atoms with Gasteiger partial charge in [0.25, 0.3) is 5.91 Å². The number of ketones is 1. The average Bonchev–Trinajstić information content (AvgIpc) is 3.45. The number of anilines is 1. The van der Waals surface area contributed by atoms with Crippen molar-refractivity contribution in [2.24, 2.45) is 5.92 Å². The van der Waals surface area contributed by atoms with Crippen LogP contribution < -0.4 is 14.4 Å². The van der Waals surface area contributed by atoms with Gasteiger partial charge in [0.15, 0.2) is 11.5 Å². The zero-order valence-electron chi connectivity index (χ0n) is 18.9. The van der Waals surface area contributed by atoms with Crippen LogP contribution in [0.4, 0.5) is 5.69 Å². The van der Waals surface area contributed by atoms with Gasteiger partial charge in [-0.1, -0.05) is 32.0 Å². The normalized spacial score (nSPS) is 16.0. The minimum absolute atomic E-state index is 0.0698. The molecular formula is C26H25NO5S. The first-order valence-corrected chi connectivity index (χ1v) is 11.5. The third kappa shape index (κ3) is 3.89. The molecule has 1 atom stereocenters. The number of Topliss-reactive ketones (excluding diaryl/α,β-unsaturated/α-hetero) is 1. The first kappa shape index (κ1) is 22.6. The molecule has 1 aliphatic heterocycles. The Kier molecular flexibility index (Phi) is 6.24. The van der Waals surface area contributed by atoms with Crippen LogP contribution in [0, 0.1) is 5.92 Å². The lowest BCUT2D eigenvalue weighted by Gasteiger charge is -2.29. The number of hydrogen-bond acceptors (Lipinski definition) is 6. The van der Waals surface area contributed by atoms with Crippen LogP contribution in [-0.2, 0) is 9.59 Å². The van der Waals surface area contributed by atoms with E-state index in [1.165, 1.54) is 12.0 Å². The van der Waals surface area contributed by atoms with Gasteiger partial charge in [0.05, 0.1) is 25.8 Å². The van der Waals surface area contributed by atoms with Crippen molar-refractivity contribution in [1.29, 1.82) is 0 Å². The summed E-state index contributed by atoms with van der Waals surface area (Å²) in [5.74, 6) is -0.763. The third-order valence-electron chi connectivity index (χ3n) is 5.73. The molecule has 170 valence electrons. The number of methoxy groups -OCH3 is 2. The second-order valence-electron chi connectivity index (χ2n) is 8.00. The highest BCUT2D eigenvalue weighted by Gasteiger charge is 2.46. The zero-order chi connectivity index (χ0) is 23.7. The second-order valence-corrected chi connectivity index (χ2v) is 8.78. The van der Waals surface area contributed by atoms with Crippen molar-refractivity contribution < 1.29 is 24.2 Å². The van der Waals surface area contributed by atoms with E-state index in [0.29, 0.717) is 22.7 Å². The summed E-state index contributed by atoms with van der Waals surface area (Å²) in [5, 5.41) is 14.8. The van der Waals surface area contributed by atoms with E-state index in [1.807, 2.05) is 35.0 Å². The number of aliphatic hydroxyl groups excluding tert-OH is 1.